The largest absolute Gasteiger partial charge is 0.481 e. The molecule has 6 nitrogen and oxygen atoms in total. The van der Waals surface area contributed by atoms with Gasteiger partial charge in [-0.1, -0.05) is 32.1 Å². The molecule has 4 N–H and O–H groups in total. The Kier molecular flexibility index (Phi) is 14.8. The highest BCUT2D eigenvalue weighted by Crippen LogP contribution is 2.06. The minimum absolute atomic E-state index is 0.253. The van der Waals surface area contributed by atoms with Crippen molar-refractivity contribution in [2.45, 2.75) is 57.8 Å². The summed E-state index contributed by atoms with van der Waals surface area (Å²) in [6.45, 7) is 2.47. The Morgan fingerprint density at radius 3 is 1.95 bits per heavy atom. The minimum atomic E-state index is -0.720. The fraction of sp³-hybridized carbons (Fsp3) is 0.923. The summed E-state index contributed by atoms with van der Waals surface area (Å²) in [5.41, 5.74) is 2.40. The Balaban J connectivity index is 2.93. The van der Waals surface area contributed by atoms with Gasteiger partial charge in [-0.3, -0.25) is 4.79 Å². The van der Waals surface area contributed by atoms with Crippen molar-refractivity contribution in [1.29, 1.82) is 0 Å². The summed E-state index contributed by atoms with van der Waals surface area (Å²) in [4.78, 5) is 14.0. The van der Waals surface area contributed by atoms with Crippen molar-refractivity contribution in [3.8, 4) is 0 Å². The summed E-state index contributed by atoms with van der Waals surface area (Å²) >= 11 is 0. The van der Waals surface area contributed by atoms with Crippen LogP contribution in [-0.4, -0.2) is 36.0 Å². The van der Waals surface area contributed by atoms with Gasteiger partial charge >= 0.3 is 5.97 Å². The summed E-state index contributed by atoms with van der Waals surface area (Å²) in [6, 6.07) is 0. The van der Waals surface area contributed by atoms with Gasteiger partial charge in [-0.2, -0.15) is 5.48 Å². The fourth-order valence-electron chi connectivity index (χ4n) is 1.87. The Morgan fingerprint density at radius 1 is 0.842 bits per heavy atom. The monoisotopic (exact) mass is 276 g/mol. The number of unbranched alkanes of at least 4 members (excludes halogenated alkanes) is 6. The number of aliphatic carboxylic acids is 1. The van der Waals surface area contributed by atoms with Gasteiger partial charge < -0.3 is 10.4 Å². The van der Waals surface area contributed by atoms with Crippen molar-refractivity contribution in [2.24, 2.45) is 0 Å². The maximum absolute atomic E-state index is 10.3. The number of nitrogens with one attached hydrogen (secondary N) is 2. The molecule has 0 fully saturated rings. The molecule has 0 rings (SSSR count). The second kappa shape index (κ2) is 15.4. The fourth-order valence-corrected chi connectivity index (χ4v) is 1.87. The molecular weight excluding hydrogens is 248 g/mol. The Hall–Kier alpha value is -0.690. The van der Waals surface area contributed by atoms with Gasteiger partial charge in [0.05, 0.1) is 0 Å². The summed E-state index contributed by atoms with van der Waals surface area (Å²) in [7, 11) is 0. The predicted octanol–water partition coefficient (Wildman–Crippen LogP) is 2.17. The van der Waals surface area contributed by atoms with Crippen molar-refractivity contribution < 1.29 is 20.1 Å². The van der Waals surface area contributed by atoms with Crippen LogP contribution in [0.5, 0.6) is 0 Å². The number of hydrogen-bond donors (Lipinski definition) is 4. The number of hydrogen-bond acceptors (Lipinski definition) is 5. The molecule has 0 saturated heterocycles. The highest BCUT2D eigenvalue weighted by Gasteiger charge is 1.96. The molecule has 0 aliphatic carbocycles. The molecule has 0 spiro atoms. The van der Waals surface area contributed by atoms with E-state index in [0.717, 1.165) is 32.4 Å². The second-order valence-corrected chi connectivity index (χ2v) is 4.71. The van der Waals surface area contributed by atoms with E-state index in [1.807, 2.05) is 0 Å². The number of carbonyl (C=O) groups is 1. The molecule has 0 saturated carbocycles. The van der Waals surface area contributed by atoms with Gasteiger partial charge in [0.2, 0.25) is 0 Å². The second-order valence-electron chi connectivity index (χ2n) is 4.71. The molecule has 0 aromatic rings. The molecule has 114 valence electrons. The van der Waals surface area contributed by atoms with Gasteiger partial charge in [-0.25, -0.2) is 5.26 Å². The third-order valence-corrected chi connectivity index (χ3v) is 2.94. The van der Waals surface area contributed by atoms with Crippen molar-refractivity contribution in [3.63, 3.8) is 0 Å². The van der Waals surface area contributed by atoms with Crippen LogP contribution < -0.4 is 10.8 Å². The molecule has 0 unspecified atom stereocenters. The van der Waals surface area contributed by atoms with E-state index < -0.39 is 5.97 Å². The maximum atomic E-state index is 10.3. The van der Waals surface area contributed by atoms with Gasteiger partial charge in [0.15, 0.2) is 0 Å². The van der Waals surface area contributed by atoms with Gasteiger partial charge in [-0.05, 0) is 32.4 Å². The average molecular weight is 276 g/mol. The Morgan fingerprint density at radius 2 is 1.37 bits per heavy atom. The average Bonchev–Trinajstić information content (AvgIpc) is 2.39. The smallest absolute Gasteiger partial charge is 0.303 e. The lowest BCUT2D eigenvalue weighted by Crippen LogP contribution is -2.17. The summed E-state index contributed by atoms with van der Waals surface area (Å²) in [6.07, 6.45) is 9.25. The van der Waals surface area contributed by atoms with Crippen LogP contribution in [0.4, 0.5) is 0 Å². The molecule has 19 heavy (non-hydrogen) atoms. The molecule has 0 aliphatic rings. The van der Waals surface area contributed by atoms with Crippen molar-refractivity contribution in [3.05, 3.63) is 0 Å². The highest BCUT2D eigenvalue weighted by atomic mass is 17.2. The molecule has 0 aromatic carbocycles. The van der Waals surface area contributed by atoms with E-state index in [-0.39, 0.29) is 6.42 Å². The summed E-state index contributed by atoms with van der Waals surface area (Å²) in [5.74, 6) is -0.720. The third kappa shape index (κ3) is 17.3. The molecule has 0 radical (unpaired) electrons. The zero-order chi connectivity index (χ0) is 14.2. The SMILES string of the molecule is O=C(O)CCCNCCCCCCCCCNOO. The standard InChI is InChI=1S/C13H28N2O4/c16-13(17)9-8-11-14-10-6-4-2-1-3-5-7-12-15-19-18/h14-15,18H,1-12H2,(H,16,17). The number of hydroxylamine groups is 1. The van der Waals surface area contributed by atoms with E-state index in [0.29, 0.717) is 13.0 Å². The maximum Gasteiger partial charge on any atom is 0.303 e. The van der Waals surface area contributed by atoms with Crippen LogP contribution in [0.1, 0.15) is 57.8 Å². The van der Waals surface area contributed by atoms with Crippen LogP contribution in [0.15, 0.2) is 0 Å². The molecule has 0 aliphatic heterocycles. The molecule has 0 aromatic heterocycles. The van der Waals surface area contributed by atoms with Crippen LogP contribution in [0, 0.1) is 0 Å². The van der Waals surface area contributed by atoms with Crippen LogP contribution in [-0.2, 0) is 9.78 Å². The lowest BCUT2D eigenvalue weighted by Gasteiger charge is -2.04. The van der Waals surface area contributed by atoms with Crippen LogP contribution in [0.3, 0.4) is 0 Å². The first-order chi connectivity index (χ1) is 9.27. The van der Waals surface area contributed by atoms with E-state index in [2.05, 4.69) is 15.8 Å². The zero-order valence-electron chi connectivity index (χ0n) is 11.7. The molecular formula is C13H28N2O4. The highest BCUT2D eigenvalue weighted by molar-refractivity contribution is 5.66. The Labute approximate surface area is 115 Å². The van der Waals surface area contributed by atoms with Crippen LogP contribution >= 0.6 is 0 Å². The number of rotatable bonds is 15. The van der Waals surface area contributed by atoms with E-state index in [9.17, 15) is 4.79 Å². The van der Waals surface area contributed by atoms with Crippen molar-refractivity contribution >= 4 is 5.97 Å². The first kappa shape index (κ1) is 18.3. The lowest BCUT2D eigenvalue weighted by molar-refractivity contribution is -0.291. The van der Waals surface area contributed by atoms with Gasteiger partial charge in [-0.15, -0.1) is 4.99 Å². The number of carboxylic acid groups (broad SMARTS) is 1. The zero-order valence-corrected chi connectivity index (χ0v) is 11.7. The first-order valence-electron chi connectivity index (χ1n) is 7.23. The van der Waals surface area contributed by atoms with E-state index in [1.54, 1.807) is 0 Å². The topological polar surface area (TPSA) is 90.8 Å². The third-order valence-electron chi connectivity index (χ3n) is 2.94. The molecule has 0 bridgehead atoms. The summed E-state index contributed by atoms with van der Waals surface area (Å²) in [5, 5.41) is 19.7. The van der Waals surface area contributed by atoms with Gasteiger partial charge in [0.25, 0.3) is 0 Å². The van der Waals surface area contributed by atoms with Gasteiger partial charge in [0.1, 0.15) is 0 Å². The summed E-state index contributed by atoms with van der Waals surface area (Å²) < 4.78 is 0. The van der Waals surface area contributed by atoms with E-state index in [4.69, 9.17) is 10.4 Å². The lowest BCUT2D eigenvalue weighted by atomic mass is 10.1. The quantitative estimate of drug-likeness (QED) is 0.208. The number of carboxylic acids is 1. The normalized spacial score (nSPS) is 10.8. The molecule has 0 heterocycles. The predicted molar refractivity (Wildman–Crippen MR) is 73.8 cm³/mol. The van der Waals surface area contributed by atoms with E-state index in [1.165, 1.54) is 25.7 Å². The Bertz CT molecular complexity index is 203. The van der Waals surface area contributed by atoms with Crippen LogP contribution in [0.2, 0.25) is 0 Å². The van der Waals surface area contributed by atoms with Crippen molar-refractivity contribution in [2.75, 3.05) is 19.6 Å². The molecule has 0 amide bonds. The molecule has 6 heteroatoms. The van der Waals surface area contributed by atoms with E-state index >= 15 is 0 Å². The first-order valence-corrected chi connectivity index (χ1v) is 7.23. The molecule has 0 atom stereocenters. The minimum Gasteiger partial charge on any atom is -0.481 e. The van der Waals surface area contributed by atoms with Gasteiger partial charge in [0, 0.05) is 13.0 Å². The van der Waals surface area contributed by atoms with Crippen LogP contribution in [0.25, 0.3) is 0 Å². The van der Waals surface area contributed by atoms with Crippen molar-refractivity contribution in [1.82, 2.24) is 10.8 Å².